The number of methoxy groups -OCH3 is 1. The Hall–Kier alpha value is -1.98. The van der Waals surface area contributed by atoms with Crippen LogP contribution in [0.4, 0.5) is 5.69 Å². The molecule has 4 nitrogen and oxygen atoms in total. The lowest BCUT2D eigenvalue weighted by molar-refractivity contribution is -0.656. The van der Waals surface area contributed by atoms with Crippen LogP contribution in [0.1, 0.15) is 12.0 Å². The molecule has 1 N–H and O–H groups in total. The van der Waals surface area contributed by atoms with Gasteiger partial charge in [0.1, 0.15) is 11.4 Å². The molecule has 2 aliphatic heterocycles. The summed E-state index contributed by atoms with van der Waals surface area (Å²) in [5.41, 5.74) is 1.04. The number of thioether (sulfide) groups is 1. The van der Waals surface area contributed by atoms with Gasteiger partial charge in [0, 0.05) is 11.3 Å². The van der Waals surface area contributed by atoms with Gasteiger partial charge in [-0.1, -0.05) is 30.3 Å². The minimum Gasteiger partial charge on any atom is -0.497 e. The van der Waals surface area contributed by atoms with E-state index < -0.39 is 5.72 Å². The van der Waals surface area contributed by atoms with Crippen molar-refractivity contribution in [1.29, 1.82) is 0 Å². The van der Waals surface area contributed by atoms with Crippen LogP contribution in [0.2, 0.25) is 0 Å². The van der Waals surface area contributed by atoms with Crippen molar-refractivity contribution in [3.63, 3.8) is 0 Å². The number of nitrogens with zero attached hydrogens (tertiary/aromatic N) is 2. The SMILES string of the molecule is COc1ccc(N2C[C@@](O)(c3ccccc3)[N+]3=C2SCCC3)cc1. The van der Waals surface area contributed by atoms with Crippen molar-refractivity contribution in [2.75, 3.05) is 30.9 Å². The third-order valence-corrected chi connectivity index (χ3v) is 5.86. The van der Waals surface area contributed by atoms with Gasteiger partial charge in [0.15, 0.2) is 6.54 Å². The zero-order valence-electron chi connectivity index (χ0n) is 13.7. The smallest absolute Gasteiger partial charge is 0.316 e. The van der Waals surface area contributed by atoms with E-state index in [0.717, 1.165) is 40.9 Å². The molecule has 2 aromatic carbocycles. The molecule has 0 aromatic heterocycles. The van der Waals surface area contributed by atoms with Crippen LogP contribution in [-0.2, 0) is 5.72 Å². The molecular weight excluding hydrogens is 320 g/mol. The van der Waals surface area contributed by atoms with E-state index >= 15 is 0 Å². The van der Waals surface area contributed by atoms with Gasteiger partial charge in [0.25, 0.3) is 5.72 Å². The van der Waals surface area contributed by atoms with Crippen LogP contribution in [-0.4, -0.2) is 40.8 Å². The molecule has 2 heterocycles. The molecule has 2 aromatic rings. The van der Waals surface area contributed by atoms with Crippen molar-refractivity contribution in [3.05, 3.63) is 60.2 Å². The number of aliphatic hydroxyl groups is 1. The molecule has 5 heteroatoms. The van der Waals surface area contributed by atoms with Crippen LogP contribution in [0.15, 0.2) is 54.6 Å². The molecule has 0 bridgehead atoms. The van der Waals surface area contributed by atoms with Gasteiger partial charge in [-0.15, -0.1) is 0 Å². The van der Waals surface area contributed by atoms with Crippen LogP contribution in [0.5, 0.6) is 5.75 Å². The highest BCUT2D eigenvalue weighted by Gasteiger charge is 2.53. The Bertz CT molecular complexity index is 761. The zero-order chi connectivity index (χ0) is 16.6. The van der Waals surface area contributed by atoms with E-state index in [1.54, 1.807) is 7.11 Å². The average molecular weight is 341 g/mol. The van der Waals surface area contributed by atoms with E-state index in [2.05, 4.69) is 21.6 Å². The second-order valence-electron chi connectivity index (χ2n) is 6.10. The molecule has 2 aliphatic rings. The summed E-state index contributed by atoms with van der Waals surface area (Å²) in [6.45, 7) is 1.41. The number of benzene rings is 2. The summed E-state index contributed by atoms with van der Waals surface area (Å²) in [5, 5.41) is 12.7. The molecule has 0 amide bonds. The van der Waals surface area contributed by atoms with Gasteiger partial charge in [-0.05, 0) is 42.4 Å². The van der Waals surface area contributed by atoms with Crippen LogP contribution in [0.3, 0.4) is 0 Å². The Morgan fingerprint density at radius 2 is 1.88 bits per heavy atom. The molecule has 0 spiro atoms. The number of β-amino-alcohol motifs (C(OH)–C–C–N with tert-alkyl or cyclic N) is 1. The van der Waals surface area contributed by atoms with Gasteiger partial charge in [0.2, 0.25) is 0 Å². The Labute approximate surface area is 146 Å². The standard InChI is InChI=1S/C19H21N2O2S/c1-23-17-10-8-16(9-11-17)20-14-19(22,15-6-3-2-4-7-15)21-12-5-13-24-18(20)21/h2-4,6-11,22H,5,12-14H2,1H3/q+1/t19-/m1/s1. The fraction of sp³-hybridized carbons (Fsp3) is 0.316. The highest BCUT2D eigenvalue weighted by atomic mass is 32.2. The molecule has 0 saturated heterocycles. The predicted molar refractivity (Wildman–Crippen MR) is 97.9 cm³/mol. The Morgan fingerprint density at radius 1 is 1.12 bits per heavy atom. The maximum Gasteiger partial charge on any atom is 0.316 e. The summed E-state index contributed by atoms with van der Waals surface area (Å²) in [6.07, 6.45) is 1.08. The van der Waals surface area contributed by atoms with Gasteiger partial charge in [-0.3, -0.25) is 0 Å². The van der Waals surface area contributed by atoms with E-state index in [0.29, 0.717) is 6.54 Å². The number of anilines is 1. The van der Waals surface area contributed by atoms with Crippen LogP contribution < -0.4 is 9.64 Å². The van der Waals surface area contributed by atoms with E-state index in [9.17, 15) is 5.11 Å². The second kappa shape index (κ2) is 6.15. The molecular formula is C19H21N2O2S+. The lowest BCUT2D eigenvalue weighted by Crippen LogP contribution is -2.41. The first-order valence-electron chi connectivity index (χ1n) is 8.19. The van der Waals surface area contributed by atoms with E-state index in [4.69, 9.17) is 4.74 Å². The van der Waals surface area contributed by atoms with E-state index in [-0.39, 0.29) is 0 Å². The topological polar surface area (TPSA) is 35.7 Å². The maximum atomic E-state index is 11.5. The van der Waals surface area contributed by atoms with Gasteiger partial charge in [0.05, 0.1) is 13.7 Å². The van der Waals surface area contributed by atoms with Crippen LogP contribution >= 0.6 is 11.8 Å². The first-order chi connectivity index (χ1) is 11.7. The number of hydrogen-bond donors (Lipinski definition) is 1. The molecule has 4 rings (SSSR count). The molecule has 24 heavy (non-hydrogen) atoms. The van der Waals surface area contributed by atoms with Crippen LogP contribution in [0, 0.1) is 0 Å². The van der Waals surface area contributed by atoms with Crippen molar-refractivity contribution in [2.45, 2.75) is 12.1 Å². The van der Waals surface area contributed by atoms with E-state index in [1.165, 1.54) is 0 Å². The molecule has 1 atom stereocenters. The quantitative estimate of drug-likeness (QED) is 0.871. The Kier molecular flexibility index (Phi) is 3.98. The summed E-state index contributed by atoms with van der Waals surface area (Å²) in [6, 6.07) is 18.0. The maximum absolute atomic E-state index is 11.5. The summed E-state index contributed by atoms with van der Waals surface area (Å²) < 4.78 is 7.41. The lowest BCUT2D eigenvalue weighted by Gasteiger charge is -2.24. The van der Waals surface area contributed by atoms with E-state index in [1.807, 2.05) is 54.2 Å². The third-order valence-electron chi connectivity index (χ3n) is 4.66. The first kappa shape index (κ1) is 15.5. The number of rotatable bonds is 3. The molecule has 0 fully saturated rings. The van der Waals surface area contributed by atoms with Gasteiger partial charge in [-0.2, -0.15) is 0 Å². The number of amidine groups is 1. The minimum atomic E-state index is -0.982. The molecule has 0 saturated carbocycles. The summed E-state index contributed by atoms with van der Waals surface area (Å²) in [7, 11) is 1.67. The van der Waals surface area contributed by atoms with Crippen molar-refractivity contribution < 1.29 is 14.4 Å². The first-order valence-corrected chi connectivity index (χ1v) is 9.18. The fourth-order valence-corrected chi connectivity index (χ4v) is 4.60. The van der Waals surface area contributed by atoms with Crippen molar-refractivity contribution in [1.82, 2.24) is 0 Å². The van der Waals surface area contributed by atoms with Gasteiger partial charge >= 0.3 is 5.17 Å². The summed E-state index contributed by atoms with van der Waals surface area (Å²) in [4.78, 5) is 2.22. The largest absolute Gasteiger partial charge is 0.497 e. The summed E-state index contributed by atoms with van der Waals surface area (Å²) >= 11 is 1.82. The van der Waals surface area contributed by atoms with Crippen LogP contribution in [0.25, 0.3) is 0 Å². The second-order valence-corrected chi connectivity index (χ2v) is 7.17. The Balaban J connectivity index is 1.76. The molecule has 124 valence electrons. The minimum absolute atomic E-state index is 0.533. The van der Waals surface area contributed by atoms with Crippen molar-refractivity contribution in [3.8, 4) is 5.75 Å². The average Bonchev–Trinajstić information content (AvgIpc) is 2.97. The van der Waals surface area contributed by atoms with Gasteiger partial charge < -0.3 is 9.84 Å². The predicted octanol–water partition coefficient (Wildman–Crippen LogP) is 2.87. The molecule has 0 aliphatic carbocycles. The third kappa shape index (κ3) is 2.48. The number of ether oxygens (including phenoxy) is 1. The highest BCUT2D eigenvalue weighted by molar-refractivity contribution is 8.13. The summed E-state index contributed by atoms with van der Waals surface area (Å²) in [5.74, 6) is 1.93. The fourth-order valence-electron chi connectivity index (χ4n) is 3.42. The van der Waals surface area contributed by atoms with Gasteiger partial charge in [-0.25, -0.2) is 9.48 Å². The normalized spacial score (nSPS) is 23.3. The lowest BCUT2D eigenvalue weighted by atomic mass is 10.0. The molecule has 0 radical (unpaired) electrons. The number of hydrogen-bond acceptors (Lipinski definition) is 4. The zero-order valence-corrected chi connectivity index (χ0v) is 14.5. The Morgan fingerprint density at radius 3 is 2.58 bits per heavy atom. The van der Waals surface area contributed by atoms with Crippen molar-refractivity contribution in [2.24, 2.45) is 0 Å². The highest BCUT2D eigenvalue weighted by Crippen LogP contribution is 2.37. The monoisotopic (exact) mass is 341 g/mol. The molecule has 0 unspecified atom stereocenters. The van der Waals surface area contributed by atoms with Crippen molar-refractivity contribution >= 4 is 22.6 Å².